The molecule has 0 aromatic heterocycles. The topological polar surface area (TPSA) is 58.1 Å². The fourth-order valence-corrected chi connectivity index (χ4v) is 3.88. The molecule has 6 nitrogen and oxygen atoms in total. The zero-order valence-corrected chi connectivity index (χ0v) is 17.2. The largest absolute Gasteiger partial charge is 0.377 e. The van der Waals surface area contributed by atoms with Crippen molar-refractivity contribution in [3.63, 3.8) is 0 Å². The molecular weight excluding hydrogens is 352 g/mol. The summed E-state index contributed by atoms with van der Waals surface area (Å²) in [5, 5.41) is 6.99. The van der Waals surface area contributed by atoms with Crippen LogP contribution in [0.2, 0.25) is 0 Å². The maximum atomic E-state index is 5.72. The monoisotopic (exact) mass is 388 g/mol. The third-order valence-corrected chi connectivity index (χ3v) is 5.27. The molecule has 2 unspecified atom stereocenters. The van der Waals surface area contributed by atoms with Gasteiger partial charge in [0.05, 0.1) is 25.9 Å². The van der Waals surface area contributed by atoms with Gasteiger partial charge in [0.1, 0.15) is 0 Å². The Labute approximate surface area is 169 Å². The smallest absolute Gasteiger partial charge is 0.191 e. The molecule has 2 N–H and O–H groups in total. The molecule has 1 aromatic carbocycles. The van der Waals surface area contributed by atoms with Gasteiger partial charge in [-0.1, -0.05) is 30.3 Å². The van der Waals surface area contributed by atoms with Crippen LogP contribution in [-0.4, -0.2) is 69.0 Å². The van der Waals surface area contributed by atoms with Crippen LogP contribution >= 0.6 is 0 Å². The van der Waals surface area contributed by atoms with E-state index in [9.17, 15) is 0 Å². The van der Waals surface area contributed by atoms with Crippen molar-refractivity contribution in [3.8, 4) is 0 Å². The zero-order chi connectivity index (χ0) is 19.4. The molecule has 2 atom stereocenters. The second kappa shape index (κ2) is 12.0. The third-order valence-electron chi connectivity index (χ3n) is 5.27. The van der Waals surface area contributed by atoms with Crippen LogP contribution in [-0.2, 0) is 16.0 Å². The average molecular weight is 389 g/mol. The fraction of sp³-hybridized carbons (Fsp3) is 0.682. The lowest BCUT2D eigenvalue weighted by Gasteiger charge is -2.34. The van der Waals surface area contributed by atoms with E-state index in [1.165, 1.54) is 18.4 Å². The van der Waals surface area contributed by atoms with Crippen LogP contribution in [0, 0.1) is 0 Å². The first kappa shape index (κ1) is 21.1. The Hall–Kier alpha value is -1.63. The minimum atomic E-state index is 0.285. The van der Waals surface area contributed by atoms with Gasteiger partial charge in [-0.2, -0.15) is 0 Å². The van der Waals surface area contributed by atoms with Gasteiger partial charge >= 0.3 is 0 Å². The van der Waals surface area contributed by atoms with Gasteiger partial charge in [0.15, 0.2) is 5.96 Å². The summed E-state index contributed by atoms with van der Waals surface area (Å²) in [6.07, 6.45) is 4.96. The molecule has 2 heterocycles. The first-order chi connectivity index (χ1) is 13.8. The Morgan fingerprint density at radius 2 is 2.14 bits per heavy atom. The molecule has 0 spiro atoms. The standard InChI is InChI=1S/C22H36N4O2/c1-2-23-22(24-12-15-27-18-21-11-7-14-28-21)25-20-10-6-13-26(17-20)16-19-8-4-3-5-9-19/h3-5,8-9,20-21H,2,6-7,10-18H2,1H3,(H2,23,24,25). The highest BCUT2D eigenvalue weighted by molar-refractivity contribution is 5.80. The Kier molecular flexibility index (Phi) is 9.07. The van der Waals surface area contributed by atoms with Gasteiger partial charge in [-0.05, 0) is 44.7 Å². The van der Waals surface area contributed by atoms with E-state index in [1.54, 1.807) is 0 Å². The maximum absolute atomic E-state index is 5.72. The van der Waals surface area contributed by atoms with Crippen molar-refractivity contribution in [2.45, 2.75) is 51.3 Å². The highest BCUT2D eigenvalue weighted by Crippen LogP contribution is 2.14. The molecule has 28 heavy (non-hydrogen) atoms. The van der Waals surface area contributed by atoms with Crippen LogP contribution in [0.1, 0.15) is 38.2 Å². The molecule has 0 amide bonds. The molecule has 0 saturated carbocycles. The Morgan fingerprint density at radius 3 is 2.93 bits per heavy atom. The Bertz CT molecular complexity index is 575. The quantitative estimate of drug-likeness (QED) is 0.386. The number of rotatable bonds is 9. The van der Waals surface area contributed by atoms with Gasteiger partial charge in [0, 0.05) is 32.3 Å². The number of likely N-dealkylation sites (tertiary alicyclic amines) is 1. The van der Waals surface area contributed by atoms with Crippen molar-refractivity contribution in [2.24, 2.45) is 4.99 Å². The predicted octanol–water partition coefficient (Wildman–Crippen LogP) is 2.40. The van der Waals surface area contributed by atoms with Crippen LogP contribution in [0.5, 0.6) is 0 Å². The Morgan fingerprint density at radius 1 is 1.25 bits per heavy atom. The molecule has 1 aromatic rings. The van der Waals surface area contributed by atoms with E-state index in [4.69, 9.17) is 14.5 Å². The van der Waals surface area contributed by atoms with E-state index in [0.29, 0.717) is 25.8 Å². The van der Waals surface area contributed by atoms with Crippen LogP contribution in [0.3, 0.4) is 0 Å². The highest BCUT2D eigenvalue weighted by atomic mass is 16.5. The molecule has 3 rings (SSSR count). The normalized spacial score (nSPS) is 23.7. The van der Waals surface area contributed by atoms with Crippen LogP contribution in [0.4, 0.5) is 0 Å². The number of ether oxygens (including phenoxy) is 2. The number of guanidine groups is 1. The predicted molar refractivity (Wildman–Crippen MR) is 114 cm³/mol. The van der Waals surface area contributed by atoms with Crippen molar-refractivity contribution < 1.29 is 9.47 Å². The number of piperidine rings is 1. The second-order valence-electron chi connectivity index (χ2n) is 7.67. The summed E-state index contributed by atoms with van der Waals surface area (Å²) in [5.41, 5.74) is 1.38. The molecule has 2 fully saturated rings. The first-order valence-electron chi connectivity index (χ1n) is 10.8. The van der Waals surface area contributed by atoms with Gasteiger partial charge in [-0.3, -0.25) is 9.89 Å². The van der Waals surface area contributed by atoms with Gasteiger partial charge in [-0.25, -0.2) is 0 Å². The van der Waals surface area contributed by atoms with E-state index in [2.05, 4.69) is 52.8 Å². The van der Waals surface area contributed by atoms with Crippen LogP contribution in [0.15, 0.2) is 35.3 Å². The summed E-state index contributed by atoms with van der Waals surface area (Å²) >= 11 is 0. The molecule has 2 saturated heterocycles. The van der Waals surface area contributed by atoms with Crippen molar-refractivity contribution in [1.29, 1.82) is 0 Å². The molecule has 0 radical (unpaired) electrons. The minimum absolute atomic E-state index is 0.285. The summed E-state index contributed by atoms with van der Waals surface area (Å²) in [5.74, 6) is 0.898. The van der Waals surface area contributed by atoms with E-state index in [-0.39, 0.29) is 6.10 Å². The number of benzene rings is 1. The van der Waals surface area contributed by atoms with Crippen molar-refractivity contribution in [2.75, 3.05) is 46.0 Å². The summed E-state index contributed by atoms with van der Waals surface area (Å²) in [7, 11) is 0. The highest BCUT2D eigenvalue weighted by Gasteiger charge is 2.20. The fourth-order valence-electron chi connectivity index (χ4n) is 3.88. The first-order valence-corrected chi connectivity index (χ1v) is 10.8. The van der Waals surface area contributed by atoms with Crippen molar-refractivity contribution in [1.82, 2.24) is 15.5 Å². The number of nitrogens with one attached hydrogen (secondary N) is 2. The molecule has 2 aliphatic rings. The zero-order valence-electron chi connectivity index (χ0n) is 17.2. The molecule has 2 aliphatic heterocycles. The molecule has 0 bridgehead atoms. The van der Waals surface area contributed by atoms with Crippen LogP contribution < -0.4 is 10.6 Å². The number of hydrogen-bond donors (Lipinski definition) is 2. The average Bonchev–Trinajstić information content (AvgIpc) is 3.22. The van der Waals surface area contributed by atoms with Gasteiger partial charge < -0.3 is 20.1 Å². The SMILES string of the molecule is CCNC(=NCCOCC1CCCO1)NC1CCCN(Cc2ccccc2)C1. The minimum Gasteiger partial charge on any atom is -0.377 e. The van der Waals surface area contributed by atoms with Crippen molar-refractivity contribution in [3.05, 3.63) is 35.9 Å². The number of nitrogens with zero attached hydrogens (tertiary/aromatic N) is 2. The molecular formula is C22H36N4O2. The molecule has 156 valence electrons. The van der Waals surface area contributed by atoms with E-state index in [1.807, 2.05) is 0 Å². The summed E-state index contributed by atoms with van der Waals surface area (Å²) in [6, 6.07) is 11.2. The van der Waals surface area contributed by atoms with Gasteiger partial charge in [-0.15, -0.1) is 0 Å². The lowest BCUT2D eigenvalue weighted by Crippen LogP contribution is -2.51. The van der Waals surface area contributed by atoms with Crippen LogP contribution in [0.25, 0.3) is 0 Å². The lowest BCUT2D eigenvalue weighted by molar-refractivity contribution is 0.0200. The van der Waals surface area contributed by atoms with Gasteiger partial charge in [0.25, 0.3) is 0 Å². The maximum Gasteiger partial charge on any atom is 0.191 e. The lowest BCUT2D eigenvalue weighted by atomic mass is 10.0. The summed E-state index contributed by atoms with van der Waals surface area (Å²) < 4.78 is 11.3. The summed E-state index contributed by atoms with van der Waals surface area (Å²) in [4.78, 5) is 7.22. The molecule has 0 aliphatic carbocycles. The number of aliphatic imine (C=N–C) groups is 1. The third kappa shape index (κ3) is 7.41. The van der Waals surface area contributed by atoms with E-state index in [0.717, 1.165) is 51.6 Å². The number of hydrogen-bond acceptors (Lipinski definition) is 4. The van der Waals surface area contributed by atoms with E-state index < -0.39 is 0 Å². The summed E-state index contributed by atoms with van der Waals surface area (Å²) in [6.45, 7) is 9.08. The van der Waals surface area contributed by atoms with Crippen molar-refractivity contribution >= 4 is 5.96 Å². The van der Waals surface area contributed by atoms with E-state index >= 15 is 0 Å². The Balaban J connectivity index is 1.40. The molecule has 6 heteroatoms. The van der Waals surface area contributed by atoms with Gasteiger partial charge in [0.2, 0.25) is 0 Å². The second-order valence-corrected chi connectivity index (χ2v) is 7.67.